The Morgan fingerprint density at radius 2 is 2.24 bits per heavy atom. The molecule has 1 aliphatic heterocycles. The maximum absolute atomic E-state index is 12.1. The van der Waals surface area contributed by atoms with Crippen LogP contribution in [0.3, 0.4) is 0 Å². The third-order valence-corrected chi connectivity index (χ3v) is 4.20. The van der Waals surface area contributed by atoms with Crippen molar-refractivity contribution in [3.05, 3.63) is 22.4 Å². The lowest BCUT2D eigenvalue weighted by atomic mass is 10.1. The van der Waals surface area contributed by atoms with Crippen LogP contribution in [0.2, 0.25) is 0 Å². The van der Waals surface area contributed by atoms with Gasteiger partial charge in [-0.3, -0.25) is 14.4 Å². The van der Waals surface area contributed by atoms with Crippen molar-refractivity contribution in [1.82, 2.24) is 10.2 Å². The molecular formula is C14H18N2O4S. The first-order valence-electron chi connectivity index (χ1n) is 6.89. The predicted octanol–water partition coefficient (Wildman–Crippen LogP) is 1.33. The summed E-state index contributed by atoms with van der Waals surface area (Å²) in [7, 11) is 0. The number of carboxylic acid groups (broad SMARTS) is 1. The summed E-state index contributed by atoms with van der Waals surface area (Å²) in [4.78, 5) is 36.2. The fraction of sp³-hybridized carbons (Fsp3) is 0.500. The number of amides is 2. The van der Waals surface area contributed by atoms with E-state index in [1.54, 1.807) is 16.3 Å². The molecule has 1 aromatic heterocycles. The molecule has 0 saturated carbocycles. The molecule has 7 heteroatoms. The highest BCUT2D eigenvalue weighted by Gasteiger charge is 2.29. The maximum atomic E-state index is 12.1. The van der Waals surface area contributed by atoms with E-state index >= 15 is 0 Å². The molecule has 0 bridgehead atoms. The second-order valence-electron chi connectivity index (χ2n) is 5.00. The molecule has 0 spiro atoms. The Morgan fingerprint density at radius 3 is 2.90 bits per heavy atom. The zero-order valence-corrected chi connectivity index (χ0v) is 12.4. The highest BCUT2D eigenvalue weighted by atomic mass is 32.1. The van der Waals surface area contributed by atoms with Crippen molar-refractivity contribution in [3.63, 3.8) is 0 Å². The van der Waals surface area contributed by atoms with Crippen LogP contribution in [0, 0.1) is 0 Å². The molecule has 0 radical (unpaired) electrons. The molecule has 0 aromatic carbocycles. The highest BCUT2D eigenvalue weighted by Crippen LogP contribution is 2.20. The second-order valence-corrected chi connectivity index (χ2v) is 5.78. The van der Waals surface area contributed by atoms with E-state index in [1.807, 2.05) is 5.38 Å². The molecule has 1 aromatic rings. The van der Waals surface area contributed by atoms with Gasteiger partial charge in [-0.1, -0.05) is 0 Å². The Balaban J connectivity index is 1.76. The molecule has 2 rings (SSSR count). The van der Waals surface area contributed by atoms with Gasteiger partial charge in [-0.25, -0.2) is 0 Å². The first-order chi connectivity index (χ1) is 10.1. The van der Waals surface area contributed by atoms with Crippen molar-refractivity contribution in [3.8, 4) is 0 Å². The summed E-state index contributed by atoms with van der Waals surface area (Å²) in [6.07, 6.45) is 1.77. The summed E-state index contributed by atoms with van der Waals surface area (Å²) >= 11 is 1.44. The zero-order valence-electron chi connectivity index (χ0n) is 11.6. The first-order valence-corrected chi connectivity index (χ1v) is 7.84. The lowest BCUT2D eigenvalue weighted by Crippen LogP contribution is -2.38. The van der Waals surface area contributed by atoms with Crippen molar-refractivity contribution in [2.75, 3.05) is 13.1 Å². The maximum Gasteiger partial charge on any atom is 0.305 e. The molecule has 114 valence electrons. The molecule has 21 heavy (non-hydrogen) atoms. The monoisotopic (exact) mass is 310 g/mol. The van der Waals surface area contributed by atoms with Gasteiger partial charge in [-0.15, -0.1) is 0 Å². The second kappa shape index (κ2) is 7.21. The third-order valence-electron chi connectivity index (χ3n) is 3.52. The number of carboxylic acids is 1. The fourth-order valence-corrected chi connectivity index (χ4v) is 3.14. The number of nitrogens with one attached hydrogen (secondary N) is 1. The molecule has 1 unspecified atom stereocenters. The smallest absolute Gasteiger partial charge is 0.305 e. The van der Waals surface area contributed by atoms with E-state index in [0.717, 1.165) is 12.8 Å². The average molecular weight is 310 g/mol. The number of rotatable bonds is 6. The number of thiophene rings is 1. The van der Waals surface area contributed by atoms with Gasteiger partial charge in [-0.2, -0.15) is 11.3 Å². The number of aliphatic carboxylic acids is 1. The van der Waals surface area contributed by atoms with Crippen LogP contribution in [-0.2, 0) is 9.59 Å². The van der Waals surface area contributed by atoms with E-state index in [2.05, 4.69) is 5.32 Å². The molecule has 6 nitrogen and oxygen atoms in total. The van der Waals surface area contributed by atoms with Crippen LogP contribution in [0.15, 0.2) is 16.8 Å². The summed E-state index contributed by atoms with van der Waals surface area (Å²) in [6.45, 7) is 0.874. The minimum atomic E-state index is -0.884. The number of hydrogen-bond donors (Lipinski definition) is 2. The molecule has 2 N–H and O–H groups in total. The Labute approximate surface area is 126 Å². The van der Waals surface area contributed by atoms with Gasteiger partial charge in [0.1, 0.15) is 0 Å². The van der Waals surface area contributed by atoms with Crippen molar-refractivity contribution < 1.29 is 19.5 Å². The molecule has 1 saturated heterocycles. The molecular weight excluding hydrogens is 292 g/mol. The van der Waals surface area contributed by atoms with Gasteiger partial charge in [0.25, 0.3) is 5.91 Å². The van der Waals surface area contributed by atoms with Gasteiger partial charge in [0.15, 0.2) is 0 Å². The van der Waals surface area contributed by atoms with Crippen LogP contribution >= 0.6 is 11.3 Å². The summed E-state index contributed by atoms with van der Waals surface area (Å²) in [5.74, 6) is -1.16. The van der Waals surface area contributed by atoms with Crippen molar-refractivity contribution in [2.24, 2.45) is 0 Å². The summed E-state index contributed by atoms with van der Waals surface area (Å²) in [6, 6.07) is 1.52. The van der Waals surface area contributed by atoms with Gasteiger partial charge in [0, 0.05) is 36.5 Å². The lowest BCUT2D eigenvalue weighted by Gasteiger charge is -2.23. The Kier molecular flexibility index (Phi) is 5.32. The number of carbonyl (C=O) groups excluding carboxylic acids is 2. The van der Waals surface area contributed by atoms with Gasteiger partial charge >= 0.3 is 5.97 Å². The summed E-state index contributed by atoms with van der Waals surface area (Å²) < 4.78 is 0. The van der Waals surface area contributed by atoms with Crippen LogP contribution in [0.5, 0.6) is 0 Å². The Hall–Kier alpha value is -1.89. The van der Waals surface area contributed by atoms with E-state index in [4.69, 9.17) is 5.11 Å². The average Bonchev–Trinajstić information content (AvgIpc) is 3.08. The lowest BCUT2D eigenvalue weighted by molar-refractivity contribution is -0.139. The van der Waals surface area contributed by atoms with Crippen LogP contribution in [0.1, 0.15) is 36.0 Å². The molecule has 0 aliphatic carbocycles. The zero-order chi connectivity index (χ0) is 15.2. The van der Waals surface area contributed by atoms with Crippen LogP contribution in [0.4, 0.5) is 0 Å². The van der Waals surface area contributed by atoms with Gasteiger partial charge in [-0.05, 0) is 24.3 Å². The SMILES string of the molecule is O=C(O)CC1CCCN1C(=O)CCNC(=O)c1ccsc1. The van der Waals surface area contributed by atoms with E-state index in [0.29, 0.717) is 12.1 Å². The number of likely N-dealkylation sites (tertiary alicyclic amines) is 1. The number of carbonyl (C=O) groups is 3. The van der Waals surface area contributed by atoms with Crippen LogP contribution in [-0.4, -0.2) is 46.9 Å². The molecule has 2 amide bonds. The van der Waals surface area contributed by atoms with Gasteiger partial charge in [0.2, 0.25) is 5.91 Å². The van der Waals surface area contributed by atoms with Crippen molar-refractivity contribution in [1.29, 1.82) is 0 Å². The quantitative estimate of drug-likeness (QED) is 0.830. The minimum Gasteiger partial charge on any atom is -0.481 e. The Morgan fingerprint density at radius 1 is 1.43 bits per heavy atom. The van der Waals surface area contributed by atoms with Gasteiger partial charge in [0.05, 0.1) is 6.42 Å². The van der Waals surface area contributed by atoms with Crippen molar-refractivity contribution >= 4 is 29.1 Å². The van der Waals surface area contributed by atoms with Crippen molar-refractivity contribution in [2.45, 2.75) is 31.7 Å². The standard InChI is InChI=1S/C14H18N2O4S/c17-12(16-6-1-2-11(16)8-13(18)19)3-5-15-14(20)10-4-7-21-9-10/h4,7,9,11H,1-3,5-6,8H2,(H,15,20)(H,18,19). The first kappa shape index (κ1) is 15.5. The van der Waals surface area contributed by atoms with E-state index in [9.17, 15) is 14.4 Å². The fourth-order valence-electron chi connectivity index (χ4n) is 2.50. The van der Waals surface area contributed by atoms with E-state index in [1.165, 1.54) is 11.3 Å². The molecule has 1 aliphatic rings. The van der Waals surface area contributed by atoms with E-state index in [-0.39, 0.29) is 37.2 Å². The highest BCUT2D eigenvalue weighted by molar-refractivity contribution is 7.08. The third kappa shape index (κ3) is 4.29. The summed E-state index contributed by atoms with van der Waals surface area (Å²) in [5.41, 5.74) is 0.595. The van der Waals surface area contributed by atoms with Gasteiger partial charge < -0.3 is 15.3 Å². The van der Waals surface area contributed by atoms with Crippen LogP contribution in [0.25, 0.3) is 0 Å². The molecule has 1 atom stereocenters. The van der Waals surface area contributed by atoms with Crippen LogP contribution < -0.4 is 5.32 Å². The predicted molar refractivity (Wildman–Crippen MR) is 78.3 cm³/mol. The number of hydrogen-bond acceptors (Lipinski definition) is 4. The molecule has 1 fully saturated rings. The normalized spacial score (nSPS) is 17.7. The topological polar surface area (TPSA) is 86.7 Å². The summed E-state index contributed by atoms with van der Waals surface area (Å²) in [5, 5.41) is 15.1. The Bertz CT molecular complexity index is 515. The molecule has 2 heterocycles. The number of nitrogens with zero attached hydrogens (tertiary/aromatic N) is 1. The van der Waals surface area contributed by atoms with E-state index < -0.39 is 5.97 Å². The largest absolute Gasteiger partial charge is 0.481 e. The minimum absolute atomic E-state index is 0.00694.